The van der Waals surface area contributed by atoms with Crippen molar-refractivity contribution in [2.45, 2.75) is 6.61 Å². The van der Waals surface area contributed by atoms with Gasteiger partial charge in [0.25, 0.3) is 0 Å². The van der Waals surface area contributed by atoms with Gasteiger partial charge in [0.05, 0.1) is 12.8 Å². The Morgan fingerprint density at radius 1 is 1.00 bits per heavy atom. The highest BCUT2D eigenvalue weighted by atomic mass is 79.9. The standard InChI is InChI=1S/C21H17BrFNO2/c1-25-20-9-7-19(8-10-20)24-13-16-12-17(22)4-11-21(16)26-14-15-2-5-18(23)6-3-15/h2-13H,14H2,1H3. The van der Waals surface area contributed by atoms with Crippen LogP contribution in [0.1, 0.15) is 11.1 Å². The molecule has 3 nitrogen and oxygen atoms in total. The van der Waals surface area contributed by atoms with Gasteiger partial charge in [-0.2, -0.15) is 0 Å². The normalized spacial score (nSPS) is 10.9. The van der Waals surface area contributed by atoms with Crippen LogP contribution >= 0.6 is 15.9 Å². The summed E-state index contributed by atoms with van der Waals surface area (Å²) in [6.45, 7) is 0.352. The summed E-state index contributed by atoms with van der Waals surface area (Å²) < 4.78 is 25.0. The first-order chi connectivity index (χ1) is 12.6. The number of nitrogens with zero attached hydrogens (tertiary/aromatic N) is 1. The van der Waals surface area contributed by atoms with Crippen molar-refractivity contribution in [3.8, 4) is 11.5 Å². The van der Waals surface area contributed by atoms with Gasteiger partial charge in [-0.3, -0.25) is 4.99 Å². The van der Waals surface area contributed by atoms with Gasteiger partial charge in [-0.25, -0.2) is 4.39 Å². The Hall–Kier alpha value is -2.66. The van der Waals surface area contributed by atoms with Gasteiger partial charge in [-0.15, -0.1) is 0 Å². The van der Waals surface area contributed by atoms with Crippen LogP contribution in [-0.4, -0.2) is 13.3 Å². The number of methoxy groups -OCH3 is 1. The fourth-order valence-electron chi connectivity index (χ4n) is 2.31. The summed E-state index contributed by atoms with van der Waals surface area (Å²) in [7, 11) is 1.63. The topological polar surface area (TPSA) is 30.8 Å². The van der Waals surface area contributed by atoms with E-state index in [1.165, 1.54) is 12.1 Å². The summed E-state index contributed by atoms with van der Waals surface area (Å²) in [4.78, 5) is 4.49. The lowest BCUT2D eigenvalue weighted by Crippen LogP contribution is -1.98. The molecule has 0 spiro atoms. The molecule has 26 heavy (non-hydrogen) atoms. The maximum atomic E-state index is 13.0. The Morgan fingerprint density at radius 3 is 2.42 bits per heavy atom. The zero-order chi connectivity index (χ0) is 18.4. The monoisotopic (exact) mass is 413 g/mol. The largest absolute Gasteiger partial charge is 0.497 e. The summed E-state index contributed by atoms with van der Waals surface area (Å²) in [6, 6.07) is 19.5. The van der Waals surface area contributed by atoms with Crippen LogP contribution in [0, 0.1) is 5.82 Å². The molecule has 0 saturated carbocycles. The molecule has 3 aromatic rings. The smallest absolute Gasteiger partial charge is 0.128 e. The number of rotatable bonds is 6. The quantitative estimate of drug-likeness (QED) is 0.469. The second-order valence-electron chi connectivity index (χ2n) is 5.55. The SMILES string of the molecule is COc1ccc(N=Cc2cc(Br)ccc2OCc2ccc(F)cc2)cc1. The van der Waals surface area contributed by atoms with Crippen molar-refractivity contribution in [1.82, 2.24) is 0 Å². The number of benzene rings is 3. The summed E-state index contributed by atoms with van der Waals surface area (Å²) in [5, 5.41) is 0. The zero-order valence-corrected chi connectivity index (χ0v) is 15.7. The Balaban J connectivity index is 1.76. The van der Waals surface area contributed by atoms with Crippen molar-refractivity contribution in [1.29, 1.82) is 0 Å². The molecule has 0 bridgehead atoms. The minimum Gasteiger partial charge on any atom is -0.497 e. The fraction of sp³-hybridized carbons (Fsp3) is 0.0952. The molecule has 0 fully saturated rings. The van der Waals surface area contributed by atoms with E-state index < -0.39 is 0 Å². The van der Waals surface area contributed by atoms with E-state index in [2.05, 4.69) is 20.9 Å². The maximum absolute atomic E-state index is 13.0. The average Bonchev–Trinajstić information content (AvgIpc) is 2.67. The van der Waals surface area contributed by atoms with E-state index in [4.69, 9.17) is 9.47 Å². The molecule has 0 heterocycles. The molecule has 0 N–H and O–H groups in total. The van der Waals surface area contributed by atoms with Gasteiger partial charge in [0.1, 0.15) is 23.9 Å². The van der Waals surface area contributed by atoms with Crippen molar-refractivity contribution in [2.75, 3.05) is 7.11 Å². The van der Waals surface area contributed by atoms with Gasteiger partial charge in [-0.05, 0) is 60.2 Å². The van der Waals surface area contributed by atoms with E-state index in [1.54, 1.807) is 25.5 Å². The molecular weight excluding hydrogens is 397 g/mol. The number of ether oxygens (including phenoxy) is 2. The van der Waals surface area contributed by atoms with E-state index in [9.17, 15) is 4.39 Å². The highest BCUT2D eigenvalue weighted by Crippen LogP contribution is 2.24. The molecule has 0 unspecified atom stereocenters. The van der Waals surface area contributed by atoms with Gasteiger partial charge in [0, 0.05) is 16.3 Å². The van der Waals surface area contributed by atoms with Crippen molar-refractivity contribution in [3.05, 3.63) is 88.1 Å². The van der Waals surface area contributed by atoms with E-state index >= 15 is 0 Å². The number of hydrogen-bond donors (Lipinski definition) is 0. The Labute approximate surface area is 160 Å². The third-order valence-electron chi connectivity index (χ3n) is 3.70. The van der Waals surface area contributed by atoms with Crippen molar-refractivity contribution < 1.29 is 13.9 Å². The van der Waals surface area contributed by atoms with E-state index in [0.717, 1.165) is 27.0 Å². The van der Waals surface area contributed by atoms with Crippen LogP contribution in [0.5, 0.6) is 11.5 Å². The minimum atomic E-state index is -0.260. The lowest BCUT2D eigenvalue weighted by Gasteiger charge is -2.10. The van der Waals surface area contributed by atoms with Gasteiger partial charge < -0.3 is 9.47 Å². The molecule has 5 heteroatoms. The zero-order valence-electron chi connectivity index (χ0n) is 14.2. The molecule has 0 aliphatic rings. The van der Waals surface area contributed by atoms with Crippen molar-refractivity contribution in [3.63, 3.8) is 0 Å². The van der Waals surface area contributed by atoms with Gasteiger partial charge in [0.2, 0.25) is 0 Å². The molecule has 0 radical (unpaired) electrons. The fourth-order valence-corrected chi connectivity index (χ4v) is 2.68. The lowest BCUT2D eigenvalue weighted by atomic mass is 10.2. The third-order valence-corrected chi connectivity index (χ3v) is 4.20. The van der Waals surface area contributed by atoms with E-state index in [-0.39, 0.29) is 5.82 Å². The number of aliphatic imine (C=N–C) groups is 1. The Morgan fingerprint density at radius 2 is 1.73 bits per heavy atom. The summed E-state index contributed by atoms with van der Waals surface area (Å²) in [5.41, 5.74) is 2.56. The second kappa shape index (κ2) is 8.63. The molecule has 0 amide bonds. The highest BCUT2D eigenvalue weighted by molar-refractivity contribution is 9.10. The molecule has 0 atom stereocenters. The highest BCUT2D eigenvalue weighted by Gasteiger charge is 2.04. The second-order valence-corrected chi connectivity index (χ2v) is 6.47. The van der Waals surface area contributed by atoms with Crippen LogP contribution in [0.4, 0.5) is 10.1 Å². The molecule has 3 aromatic carbocycles. The van der Waals surface area contributed by atoms with Gasteiger partial charge in [0.15, 0.2) is 0 Å². The Bertz CT molecular complexity index is 893. The first kappa shape index (κ1) is 18.1. The van der Waals surface area contributed by atoms with Crippen molar-refractivity contribution >= 4 is 27.8 Å². The van der Waals surface area contributed by atoms with Crippen LogP contribution < -0.4 is 9.47 Å². The molecule has 0 aliphatic carbocycles. The predicted molar refractivity (Wildman–Crippen MR) is 105 cm³/mol. The molecule has 132 valence electrons. The van der Waals surface area contributed by atoms with Crippen LogP contribution in [-0.2, 0) is 6.61 Å². The Kier molecular flexibility index (Phi) is 6.02. The first-order valence-electron chi connectivity index (χ1n) is 7.99. The van der Waals surface area contributed by atoms with Gasteiger partial charge in [-0.1, -0.05) is 28.1 Å². The van der Waals surface area contributed by atoms with Gasteiger partial charge >= 0.3 is 0 Å². The summed E-state index contributed by atoms with van der Waals surface area (Å²) >= 11 is 3.47. The van der Waals surface area contributed by atoms with Crippen LogP contribution in [0.2, 0.25) is 0 Å². The van der Waals surface area contributed by atoms with Crippen molar-refractivity contribution in [2.24, 2.45) is 4.99 Å². The molecule has 0 aromatic heterocycles. The van der Waals surface area contributed by atoms with Crippen LogP contribution in [0.3, 0.4) is 0 Å². The third kappa shape index (κ3) is 4.92. The van der Waals surface area contributed by atoms with Crippen LogP contribution in [0.15, 0.2) is 76.2 Å². The molecule has 0 saturated heterocycles. The minimum absolute atomic E-state index is 0.260. The van der Waals surface area contributed by atoms with E-state index in [0.29, 0.717) is 12.4 Å². The number of hydrogen-bond acceptors (Lipinski definition) is 3. The van der Waals surface area contributed by atoms with E-state index in [1.807, 2.05) is 42.5 Å². The summed E-state index contributed by atoms with van der Waals surface area (Å²) in [6.07, 6.45) is 1.76. The lowest BCUT2D eigenvalue weighted by molar-refractivity contribution is 0.305. The molecule has 0 aliphatic heterocycles. The first-order valence-corrected chi connectivity index (χ1v) is 8.78. The molecule has 3 rings (SSSR count). The maximum Gasteiger partial charge on any atom is 0.128 e. The number of halogens is 2. The predicted octanol–water partition coefficient (Wildman–Crippen LogP) is 5.93. The van der Waals surface area contributed by atoms with Crippen LogP contribution in [0.25, 0.3) is 0 Å². The average molecular weight is 414 g/mol. The summed E-state index contributed by atoms with van der Waals surface area (Å²) in [5.74, 6) is 1.23. The molecular formula is C21H17BrFNO2.